The highest BCUT2D eigenvalue weighted by atomic mass is 35.5. The fourth-order valence-electron chi connectivity index (χ4n) is 2.61. The summed E-state index contributed by atoms with van der Waals surface area (Å²) in [5, 5.41) is 0.756. The molecule has 1 aromatic carbocycles. The zero-order chi connectivity index (χ0) is 14.4. The van der Waals surface area contributed by atoms with E-state index < -0.39 is 0 Å². The van der Waals surface area contributed by atoms with Crippen LogP contribution in [0.2, 0.25) is 5.02 Å². The number of hydrogen-bond acceptors (Lipinski definition) is 2. The monoisotopic (exact) mass is 311 g/mol. The molecule has 1 amide bonds. The third-order valence-corrected chi connectivity index (χ3v) is 5.16. The maximum atomic E-state index is 12.2. The summed E-state index contributed by atoms with van der Waals surface area (Å²) >= 11 is 7.53. The van der Waals surface area contributed by atoms with E-state index in [1.165, 1.54) is 37.7 Å². The summed E-state index contributed by atoms with van der Waals surface area (Å²) in [4.78, 5) is 14.1. The van der Waals surface area contributed by atoms with Crippen molar-refractivity contribution in [3.05, 3.63) is 34.9 Å². The van der Waals surface area contributed by atoms with Crippen LogP contribution >= 0.6 is 23.4 Å². The average Bonchev–Trinajstić information content (AvgIpc) is 2.49. The van der Waals surface area contributed by atoms with Crippen molar-refractivity contribution in [2.75, 3.05) is 12.8 Å². The number of hydrogen-bond donors (Lipinski definition) is 0. The molecule has 20 heavy (non-hydrogen) atoms. The largest absolute Gasteiger partial charge is 0.342 e. The molecule has 1 fully saturated rings. The van der Waals surface area contributed by atoms with E-state index in [2.05, 4.69) is 0 Å². The summed E-state index contributed by atoms with van der Waals surface area (Å²) in [5.41, 5.74) is 1.22. The molecule has 1 aliphatic carbocycles. The quantitative estimate of drug-likeness (QED) is 0.805. The van der Waals surface area contributed by atoms with Crippen molar-refractivity contribution in [1.29, 1.82) is 0 Å². The van der Waals surface area contributed by atoms with Crippen LogP contribution in [0.3, 0.4) is 0 Å². The second kappa shape index (κ2) is 7.94. The number of benzene rings is 1. The molecular weight excluding hydrogens is 290 g/mol. The third-order valence-electron chi connectivity index (χ3n) is 3.92. The van der Waals surface area contributed by atoms with Crippen molar-refractivity contribution < 1.29 is 4.79 Å². The van der Waals surface area contributed by atoms with Gasteiger partial charge in [0.25, 0.3) is 0 Å². The van der Waals surface area contributed by atoms with Crippen LogP contribution in [-0.2, 0) is 10.5 Å². The molecule has 1 aromatic rings. The number of carbonyl (C=O) groups excluding carboxylic acids is 1. The molecule has 1 saturated carbocycles. The number of amides is 1. The zero-order valence-corrected chi connectivity index (χ0v) is 13.6. The van der Waals surface area contributed by atoms with Gasteiger partial charge in [-0.1, -0.05) is 43.0 Å². The van der Waals surface area contributed by atoms with E-state index in [0.717, 1.165) is 10.8 Å². The summed E-state index contributed by atoms with van der Waals surface area (Å²) in [7, 11) is 1.96. The number of rotatable bonds is 5. The molecule has 2 nitrogen and oxygen atoms in total. The van der Waals surface area contributed by atoms with E-state index in [9.17, 15) is 4.79 Å². The van der Waals surface area contributed by atoms with Gasteiger partial charge >= 0.3 is 0 Å². The Morgan fingerprint density at radius 3 is 2.55 bits per heavy atom. The first kappa shape index (κ1) is 15.7. The summed E-state index contributed by atoms with van der Waals surface area (Å²) in [6.07, 6.45) is 6.19. The summed E-state index contributed by atoms with van der Waals surface area (Å²) in [6.45, 7) is 0. The molecule has 0 saturated heterocycles. The SMILES string of the molecule is CN(C(=O)CSCc1ccc(Cl)cc1)C1CCCCC1. The average molecular weight is 312 g/mol. The summed E-state index contributed by atoms with van der Waals surface area (Å²) in [5.74, 6) is 1.69. The minimum Gasteiger partial charge on any atom is -0.342 e. The van der Waals surface area contributed by atoms with Gasteiger partial charge in [0, 0.05) is 23.9 Å². The van der Waals surface area contributed by atoms with Gasteiger partial charge in [-0.25, -0.2) is 0 Å². The fraction of sp³-hybridized carbons (Fsp3) is 0.562. The lowest BCUT2D eigenvalue weighted by Crippen LogP contribution is -2.39. The molecule has 1 aliphatic rings. The standard InChI is InChI=1S/C16H22ClNOS/c1-18(15-5-3-2-4-6-15)16(19)12-20-11-13-7-9-14(17)10-8-13/h7-10,15H,2-6,11-12H2,1H3. The molecule has 110 valence electrons. The normalized spacial score (nSPS) is 16.1. The van der Waals surface area contributed by atoms with Crippen LogP contribution in [0.4, 0.5) is 0 Å². The van der Waals surface area contributed by atoms with Crippen molar-refractivity contribution >= 4 is 29.3 Å². The van der Waals surface area contributed by atoms with Crippen molar-refractivity contribution in [3.63, 3.8) is 0 Å². The Bertz CT molecular complexity index is 429. The van der Waals surface area contributed by atoms with Crippen LogP contribution in [0.15, 0.2) is 24.3 Å². The molecule has 0 radical (unpaired) electrons. The number of nitrogens with zero attached hydrogens (tertiary/aromatic N) is 1. The number of thioether (sulfide) groups is 1. The zero-order valence-electron chi connectivity index (χ0n) is 12.0. The van der Waals surface area contributed by atoms with Gasteiger partial charge in [0.2, 0.25) is 5.91 Å². The maximum absolute atomic E-state index is 12.2. The van der Waals surface area contributed by atoms with E-state index in [1.54, 1.807) is 11.8 Å². The molecule has 0 N–H and O–H groups in total. The summed E-state index contributed by atoms with van der Waals surface area (Å²) in [6, 6.07) is 8.29. The summed E-state index contributed by atoms with van der Waals surface area (Å²) < 4.78 is 0. The van der Waals surface area contributed by atoms with Crippen LogP contribution in [0, 0.1) is 0 Å². The van der Waals surface area contributed by atoms with Crippen LogP contribution < -0.4 is 0 Å². The van der Waals surface area contributed by atoms with Crippen molar-refractivity contribution in [2.24, 2.45) is 0 Å². The molecule has 0 unspecified atom stereocenters. The Balaban J connectivity index is 1.72. The Labute approximate surface area is 130 Å². The molecule has 0 heterocycles. The minimum absolute atomic E-state index is 0.260. The highest BCUT2D eigenvalue weighted by molar-refractivity contribution is 7.99. The highest BCUT2D eigenvalue weighted by Crippen LogP contribution is 2.22. The Morgan fingerprint density at radius 2 is 1.90 bits per heavy atom. The molecule has 2 rings (SSSR count). The lowest BCUT2D eigenvalue weighted by atomic mass is 9.94. The van der Waals surface area contributed by atoms with E-state index >= 15 is 0 Å². The maximum Gasteiger partial charge on any atom is 0.232 e. The van der Waals surface area contributed by atoms with Gasteiger partial charge in [-0.3, -0.25) is 4.79 Å². The van der Waals surface area contributed by atoms with Gasteiger partial charge in [0.15, 0.2) is 0 Å². The topological polar surface area (TPSA) is 20.3 Å². The minimum atomic E-state index is 0.260. The second-order valence-electron chi connectivity index (χ2n) is 5.42. The highest BCUT2D eigenvalue weighted by Gasteiger charge is 2.21. The first-order valence-electron chi connectivity index (χ1n) is 7.24. The van der Waals surface area contributed by atoms with Crippen LogP contribution in [-0.4, -0.2) is 29.6 Å². The van der Waals surface area contributed by atoms with Crippen molar-refractivity contribution in [1.82, 2.24) is 4.90 Å². The van der Waals surface area contributed by atoms with Gasteiger partial charge in [-0.2, -0.15) is 0 Å². The smallest absolute Gasteiger partial charge is 0.232 e. The van der Waals surface area contributed by atoms with E-state index in [1.807, 2.05) is 36.2 Å². The van der Waals surface area contributed by atoms with Gasteiger partial charge < -0.3 is 4.90 Å². The second-order valence-corrected chi connectivity index (χ2v) is 6.84. The molecule has 0 bridgehead atoms. The molecule has 0 atom stereocenters. The Kier molecular flexibility index (Phi) is 6.24. The van der Waals surface area contributed by atoms with E-state index in [-0.39, 0.29) is 5.91 Å². The fourth-order valence-corrected chi connectivity index (χ4v) is 3.65. The molecule has 0 spiro atoms. The Hall–Kier alpha value is -0.670. The number of carbonyl (C=O) groups is 1. The van der Waals surface area contributed by atoms with Gasteiger partial charge in [0.1, 0.15) is 0 Å². The van der Waals surface area contributed by atoms with Crippen molar-refractivity contribution in [3.8, 4) is 0 Å². The predicted octanol–water partition coefficient (Wildman–Crippen LogP) is 4.36. The molecule has 4 heteroatoms. The van der Waals surface area contributed by atoms with E-state index in [0.29, 0.717) is 11.8 Å². The van der Waals surface area contributed by atoms with Crippen LogP contribution in [0.25, 0.3) is 0 Å². The molecule has 0 aromatic heterocycles. The predicted molar refractivity (Wildman–Crippen MR) is 87.3 cm³/mol. The Morgan fingerprint density at radius 1 is 1.25 bits per heavy atom. The van der Waals surface area contributed by atoms with Gasteiger partial charge in [-0.15, -0.1) is 11.8 Å². The number of halogens is 1. The van der Waals surface area contributed by atoms with Gasteiger partial charge in [-0.05, 0) is 30.5 Å². The first-order valence-corrected chi connectivity index (χ1v) is 8.78. The molecule has 0 aliphatic heterocycles. The van der Waals surface area contributed by atoms with Crippen LogP contribution in [0.1, 0.15) is 37.7 Å². The third kappa shape index (κ3) is 4.71. The van der Waals surface area contributed by atoms with E-state index in [4.69, 9.17) is 11.6 Å². The molecular formula is C16H22ClNOS. The lowest BCUT2D eigenvalue weighted by Gasteiger charge is -2.31. The van der Waals surface area contributed by atoms with Crippen molar-refractivity contribution in [2.45, 2.75) is 43.9 Å². The first-order chi connectivity index (χ1) is 9.66. The van der Waals surface area contributed by atoms with Crippen LogP contribution in [0.5, 0.6) is 0 Å². The lowest BCUT2D eigenvalue weighted by molar-refractivity contribution is -0.129. The van der Waals surface area contributed by atoms with Gasteiger partial charge in [0.05, 0.1) is 5.75 Å².